The molecule has 76 valence electrons. The largest absolute Gasteiger partial charge is 0.318 e. The standard InChI is InChI=1S/C11H9NO3/c1-5-6(2)11(15)12-10-8(14)4-3-7(13)9(5)10/h3-4H,1-2H3,(H,12,15). The van der Waals surface area contributed by atoms with Crippen molar-refractivity contribution in [2.45, 2.75) is 13.8 Å². The third-order valence-electron chi connectivity index (χ3n) is 2.65. The summed E-state index contributed by atoms with van der Waals surface area (Å²) in [5.74, 6) is -0.564. The van der Waals surface area contributed by atoms with Crippen LogP contribution in [0.25, 0.3) is 0 Å². The van der Waals surface area contributed by atoms with Crippen molar-refractivity contribution < 1.29 is 9.59 Å². The molecule has 0 aliphatic heterocycles. The zero-order valence-electron chi connectivity index (χ0n) is 8.38. The lowest BCUT2D eigenvalue weighted by atomic mass is 9.93. The number of H-pyrrole nitrogens is 1. The Morgan fingerprint density at radius 3 is 2.20 bits per heavy atom. The van der Waals surface area contributed by atoms with Crippen molar-refractivity contribution in [3.8, 4) is 0 Å². The van der Waals surface area contributed by atoms with E-state index in [0.717, 1.165) is 0 Å². The van der Waals surface area contributed by atoms with Gasteiger partial charge in [-0.2, -0.15) is 0 Å². The van der Waals surface area contributed by atoms with E-state index in [2.05, 4.69) is 4.98 Å². The summed E-state index contributed by atoms with van der Waals surface area (Å²) in [4.78, 5) is 36.9. The zero-order chi connectivity index (χ0) is 11.2. The quantitative estimate of drug-likeness (QED) is 0.682. The third-order valence-corrected chi connectivity index (χ3v) is 2.65. The van der Waals surface area contributed by atoms with Crippen LogP contribution in [0, 0.1) is 13.8 Å². The molecule has 1 aromatic rings. The van der Waals surface area contributed by atoms with E-state index in [0.29, 0.717) is 16.7 Å². The van der Waals surface area contributed by atoms with Crippen LogP contribution in [0.2, 0.25) is 0 Å². The molecule has 15 heavy (non-hydrogen) atoms. The first kappa shape index (κ1) is 9.58. The second kappa shape index (κ2) is 3.02. The van der Waals surface area contributed by atoms with E-state index < -0.39 is 0 Å². The molecule has 0 atom stereocenters. The Bertz CT molecular complexity index is 564. The summed E-state index contributed by atoms with van der Waals surface area (Å²) in [6, 6.07) is 0. The van der Waals surface area contributed by atoms with Gasteiger partial charge in [0.05, 0.1) is 5.56 Å². The van der Waals surface area contributed by atoms with Crippen molar-refractivity contribution in [2.75, 3.05) is 0 Å². The van der Waals surface area contributed by atoms with Gasteiger partial charge in [0.2, 0.25) is 5.78 Å². The molecule has 1 aliphatic carbocycles. The number of hydrogen-bond donors (Lipinski definition) is 1. The highest BCUT2D eigenvalue weighted by molar-refractivity contribution is 6.21. The van der Waals surface area contributed by atoms with Crippen LogP contribution in [0.4, 0.5) is 0 Å². The molecule has 0 fully saturated rings. The van der Waals surface area contributed by atoms with Gasteiger partial charge >= 0.3 is 0 Å². The van der Waals surface area contributed by atoms with Crippen LogP contribution in [0.3, 0.4) is 0 Å². The number of rotatable bonds is 0. The normalized spacial score (nSPS) is 14.3. The number of hydrogen-bond acceptors (Lipinski definition) is 3. The molecular formula is C11H9NO3. The molecule has 0 amide bonds. The molecule has 0 spiro atoms. The van der Waals surface area contributed by atoms with Crippen LogP contribution >= 0.6 is 0 Å². The smallest absolute Gasteiger partial charge is 0.251 e. The van der Waals surface area contributed by atoms with Gasteiger partial charge in [-0.25, -0.2) is 0 Å². The number of allylic oxidation sites excluding steroid dienone is 2. The number of carbonyl (C=O) groups is 2. The topological polar surface area (TPSA) is 67.0 Å². The van der Waals surface area contributed by atoms with Gasteiger partial charge in [0.15, 0.2) is 5.78 Å². The summed E-state index contributed by atoms with van der Waals surface area (Å²) in [6.07, 6.45) is 2.41. The molecule has 2 rings (SSSR count). The van der Waals surface area contributed by atoms with E-state index in [4.69, 9.17) is 0 Å². The molecule has 0 aromatic carbocycles. The lowest BCUT2D eigenvalue weighted by molar-refractivity contribution is 0.0989. The van der Waals surface area contributed by atoms with E-state index in [1.807, 2.05) is 0 Å². The number of carbonyl (C=O) groups excluding carboxylic acids is 2. The fraction of sp³-hybridized carbons (Fsp3) is 0.182. The number of fused-ring (bicyclic) bond motifs is 1. The van der Waals surface area contributed by atoms with Gasteiger partial charge < -0.3 is 4.98 Å². The molecule has 0 saturated carbocycles. The van der Waals surface area contributed by atoms with Gasteiger partial charge in [-0.3, -0.25) is 14.4 Å². The maximum atomic E-state index is 11.6. The number of pyridine rings is 1. The Morgan fingerprint density at radius 1 is 0.933 bits per heavy atom. The lowest BCUT2D eigenvalue weighted by Crippen LogP contribution is -2.24. The van der Waals surface area contributed by atoms with Gasteiger partial charge in [0, 0.05) is 5.56 Å². The SMILES string of the molecule is Cc1c2c([nH]c(=O)c1C)C(=O)C=CC2=O. The average molecular weight is 203 g/mol. The van der Waals surface area contributed by atoms with Crippen LogP contribution in [-0.2, 0) is 0 Å². The Hall–Kier alpha value is -1.97. The predicted octanol–water partition coefficient (Wildman–Crippen LogP) is 0.927. The van der Waals surface area contributed by atoms with Crippen LogP contribution < -0.4 is 5.56 Å². The maximum absolute atomic E-state index is 11.6. The van der Waals surface area contributed by atoms with Crippen LogP contribution in [-0.4, -0.2) is 16.6 Å². The van der Waals surface area contributed by atoms with E-state index in [1.54, 1.807) is 13.8 Å². The highest BCUT2D eigenvalue weighted by Crippen LogP contribution is 2.18. The van der Waals surface area contributed by atoms with Crippen molar-refractivity contribution in [3.63, 3.8) is 0 Å². The van der Waals surface area contributed by atoms with Crippen LogP contribution in [0.15, 0.2) is 16.9 Å². The molecule has 1 aromatic heterocycles. The Morgan fingerprint density at radius 2 is 1.53 bits per heavy atom. The highest BCUT2D eigenvalue weighted by Gasteiger charge is 2.23. The minimum absolute atomic E-state index is 0.107. The van der Waals surface area contributed by atoms with Gasteiger partial charge in [-0.1, -0.05) is 0 Å². The Labute approximate surface area is 85.6 Å². The van der Waals surface area contributed by atoms with E-state index in [9.17, 15) is 14.4 Å². The summed E-state index contributed by atoms with van der Waals surface area (Å²) < 4.78 is 0. The van der Waals surface area contributed by atoms with Crippen molar-refractivity contribution in [1.82, 2.24) is 4.98 Å². The fourth-order valence-electron chi connectivity index (χ4n) is 1.63. The highest BCUT2D eigenvalue weighted by atomic mass is 16.1. The molecular weight excluding hydrogens is 194 g/mol. The van der Waals surface area contributed by atoms with Gasteiger partial charge in [0.1, 0.15) is 5.69 Å². The van der Waals surface area contributed by atoms with Crippen LogP contribution in [0.1, 0.15) is 32.0 Å². The first-order chi connectivity index (χ1) is 7.02. The van der Waals surface area contributed by atoms with E-state index in [1.165, 1.54) is 12.2 Å². The van der Waals surface area contributed by atoms with Crippen LogP contribution in [0.5, 0.6) is 0 Å². The zero-order valence-corrected chi connectivity index (χ0v) is 8.38. The molecule has 0 unspecified atom stereocenters. The Kier molecular flexibility index (Phi) is 1.93. The summed E-state index contributed by atoms with van der Waals surface area (Å²) in [7, 11) is 0. The molecule has 1 heterocycles. The second-order valence-electron chi connectivity index (χ2n) is 3.52. The summed E-state index contributed by atoms with van der Waals surface area (Å²) >= 11 is 0. The van der Waals surface area contributed by atoms with Gasteiger partial charge in [0.25, 0.3) is 5.56 Å². The molecule has 4 nitrogen and oxygen atoms in total. The molecule has 1 N–H and O–H groups in total. The first-order valence-electron chi connectivity index (χ1n) is 4.52. The van der Waals surface area contributed by atoms with E-state index in [-0.39, 0.29) is 22.8 Å². The van der Waals surface area contributed by atoms with Crippen molar-refractivity contribution in [1.29, 1.82) is 0 Å². The van der Waals surface area contributed by atoms with E-state index >= 15 is 0 Å². The number of aromatic amines is 1. The monoisotopic (exact) mass is 203 g/mol. The predicted molar refractivity (Wildman–Crippen MR) is 54.3 cm³/mol. The molecule has 1 aliphatic rings. The summed E-state index contributed by atoms with van der Waals surface area (Å²) in [5.41, 5.74) is 1.17. The fourth-order valence-corrected chi connectivity index (χ4v) is 1.63. The third kappa shape index (κ3) is 1.26. The summed E-state index contributed by atoms with van der Waals surface area (Å²) in [5, 5.41) is 0. The van der Waals surface area contributed by atoms with Crippen molar-refractivity contribution >= 4 is 11.6 Å². The minimum Gasteiger partial charge on any atom is -0.318 e. The lowest BCUT2D eigenvalue weighted by Gasteiger charge is -2.12. The second-order valence-corrected chi connectivity index (χ2v) is 3.52. The van der Waals surface area contributed by atoms with Crippen molar-refractivity contribution in [3.05, 3.63) is 44.9 Å². The Balaban J connectivity index is 2.90. The summed E-state index contributed by atoms with van der Waals surface area (Å²) in [6.45, 7) is 3.30. The van der Waals surface area contributed by atoms with Gasteiger partial charge in [-0.05, 0) is 31.6 Å². The molecule has 0 saturated heterocycles. The maximum Gasteiger partial charge on any atom is 0.251 e. The molecule has 0 radical (unpaired) electrons. The van der Waals surface area contributed by atoms with Gasteiger partial charge in [-0.15, -0.1) is 0 Å². The first-order valence-corrected chi connectivity index (χ1v) is 4.52. The number of ketones is 2. The number of aromatic nitrogens is 1. The number of nitrogens with one attached hydrogen (secondary N) is 1. The average Bonchev–Trinajstić information content (AvgIpc) is 2.20. The molecule has 4 heteroatoms. The minimum atomic E-state index is -0.329. The molecule has 0 bridgehead atoms. The van der Waals surface area contributed by atoms with Crippen molar-refractivity contribution in [2.24, 2.45) is 0 Å².